The van der Waals surface area contributed by atoms with E-state index in [0.717, 1.165) is 22.0 Å². The van der Waals surface area contributed by atoms with Crippen LogP contribution in [-0.2, 0) is 0 Å². The topological polar surface area (TPSA) is 82.0 Å². The number of hydrogen-bond acceptors (Lipinski definition) is 5. The van der Waals surface area contributed by atoms with Gasteiger partial charge in [0.05, 0.1) is 24.9 Å². The summed E-state index contributed by atoms with van der Waals surface area (Å²) in [6, 6.07) is 17.3. The minimum Gasteiger partial charge on any atom is -0.495 e. The number of fused-ring (bicyclic) bond motifs is 2. The van der Waals surface area contributed by atoms with Crippen LogP contribution in [0.15, 0.2) is 71.8 Å². The Morgan fingerprint density at radius 3 is 2.68 bits per heavy atom. The van der Waals surface area contributed by atoms with Gasteiger partial charge in [0, 0.05) is 29.4 Å². The van der Waals surface area contributed by atoms with E-state index in [0.29, 0.717) is 35.0 Å². The van der Waals surface area contributed by atoms with Crippen LogP contribution in [0, 0.1) is 0 Å². The zero-order chi connectivity index (χ0) is 21.4. The number of methoxy groups -OCH3 is 1. The first-order valence-corrected chi connectivity index (χ1v) is 9.96. The fourth-order valence-electron chi connectivity index (χ4n) is 3.86. The molecule has 0 bridgehead atoms. The SMILES string of the molecule is CCOc1ccnc2[nH]c(=O)n(-c3ccc4ncc(-c5ccccc5)c(OC)c4c3)c12. The lowest BCUT2D eigenvalue weighted by molar-refractivity contribution is 0.343. The molecule has 3 aromatic heterocycles. The summed E-state index contributed by atoms with van der Waals surface area (Å²) in [4.78, 5) is 24.5. The predicted molar refractivity (Wildman–Crippen MR) is 120 cm³/mol. The fraction of sp³-hybridized carbons (Fsp3) is 0.125. The Balaban J connectivity index is 1.78. The molecule has 3 heterocycles. The summed E-state index contributed by atoms with van der Waals surface area (Å²) < 4.78 is 13.1. The zero-order valence-electron chi connectivity index (χ0n) is 17.1. The summed E-state index contributed by atoms with van der Waals surface area (Å²) in [5.74, 6) is 1.29. The van der Waals surface area contributed by atoms with Crippen LogP contribution in [0.2, 0.25) is 0 Å². The van der Waals surface area contributed by atoms with Crippen molar-refractivity contribution in [3.8, 4) is 28.3 Å². The second-order valence-electron chi connectivity index (χ2n) is 6.98. The second kappa shape index (κ2) is 7.60. The van der Waals surface area contributed by atoms with Crippen LogP contribution >= 0.6 is 0 Å². The van der Waals surface area contributed by atoms with E-state index in [4.69, 9.17) is 9.47 Å². The van der Waals surface area contributed by atoms with Crippen molar-refractivity contribution in [2.75, 3.05) is 13.7 Å². The molecule has 0 aliphatic heterocycles. The summed E-state index contributed by atoms with van der Waals surface area (Å²) in [6.45, 7) is 2.38. The Morgan fingerprint density at radius 2 is 1.90 bits per heavy atom. The molecule has 0 saturated carbocycles. The quantitative estimate of drug-likeness (QED) is 0.464. The van der Waals surface area contributed by atoms with Gasteiger partial charge in [-0.1, -0.05) is 30.3 Å². The van der Waals surface area contributed by atoms with Gasteiger partial charge in [0.15, 0.2) is 5.65 Å². The van der Waals surface area contributed by atoms with Crippen molar-refractivity contribution in [2.45, 2.75) is 6.92 Å². The summed E-state index contributed by atoms with van der Waals surface area (Å²) in [5, 5.41) is 0.810. The number of nitrogens with one attached hydrogen (secondary N) is 1. The normalized spacial score (nSPS) is 11.2. The van der Waals surface area contributed by atoms with Crippen molar-refractivity contribution in [1.29, 1.82) is 0 Å². The van der Waals surface area contributed by atoms with E-state index in [1.54, 1.807) is 23.9 Å². The number of benzene rings is 2. The number of imidazole rings is 1. The zero-order valence-corrected chi connectivity index (χ0v) is 17.1. The van der Waals surface area contributed by atoms with Crippen molar-refractivity contribution in [3.05, 3.63) is 77.5 Å². The van der Waals surface area contributed by atoms with Crippen LogP contribution in [-0.4, -0.2) is 33.2 Å². The van der Waals surface area contributed by atoms with E-state index in [-0.39, 0.29) is 5.69 Å². The maximum Gasteiger partial charge on any atom is 0.332 e. The molecule has 0 unspecified atom stereocenters. The van der Waals surface area contributed by atoms with Gasteiger partial charge in [-0.15, -0.1) is 0 Å². The molecule has 0 atom stereocenters. The first kappa shape index (κ1) is 18.9. The predicted octanol–water partition coefficient (Wildman–Crippen LogP) is 4.34. The number of pyridine rings is 2. The molecule has 0 radical (unpaired) electrons. The molecule has 7 nitrogen and oxygen atoms in total. The van der Waals surface area contributed by atoms with Gasteiger partial charge in [-0.25, -0.2) is 9.78 Å². The number of nitrogens with zero attached hydrogens (tertiary/aromatic N) is 3. The molecule has 0 aliphatic rings. The third-order valence-corrected chi connectivity index (χ3v) is 5.19. The lowest BCUT2D eigenvalue weighted by Crippen LogP contribution is -2.15. The average Bonchev–Trinajstić information content (AvgIpc) is 3.15. The number of hydrogen-bond donors (Lipinski definition) is 1. The molecule has 5 aromatic rings. The van der Waals surface area contributed by atoms with Crippen molar-refractivity contribution in [1.82, 2.24) is 19.5 Å². The van der Waals surface area contributed by atoms with Crippen LogP contribution in [0.4, 0.5) is 0 Å². The molecule has 0 amide bonds. The molecular formula is C24H20N4O3. The van der Waals surface area contributed by atoms with E-state index >= 15 is 0 Å². The molecular weight excluding hydrogens is 392 g/mol. The highest BCUT2D eigenvalue weighted by Crippen LogP contribution is 2.36. The Kier molecular flexibility index (Phi) is 4.63. The van der Waals surface area contributed by atoms with Gasteiger partial charge < -0.3 is 9.47 Å². The number of aromatic amines is 1. The van der Waals surface area contributed by atoms with E-state index < -0.39 is 0 Å². The van der Waals surface area contributed by atoms with Gasteiger partial charge in [-0.3, -0.25) is 14.5 Å². The Bertz CT molecular complexity index is 1450. The standard InChI is InChI=1S/C24H20N4O3/c1-3-31-20-11-12-25-23-21(20)28(24(29)27-23)16-9-10-19-17(13-16)22(30-2)18(14-26-19)15-7-5-4-6-8-15/h4-14H,3H2,1-2H3,(H,25,27,29). The van der Waals surface area contributed by atoms with Crippen molar-refractivity contribution in [3.63, 3.8) is 0 Å². The molecule has 0 aliphatic carbocycles. The second-order valence-corrected chi connectivity index (χ2v) is 6.98. The minimum atomic E-state index is -0.292. The molecule has 0 spiro atoms. The lowest BCUT2D eigenvalue weighted by atomic mass is 10.0. The van der Waals surface area contributed by atoms with E-state index in [2.05, 4.69) is 15.0 Å². The van der Waals surface area contributed by atoms with Crippen molar-refractivity contribution < 1.29 is 9.47 Å². The van der Waals surface area contributed by atoms with Crippen LogP contribution < -0.4 is 15.2 Å². The van der Waals surface area contributed by atoms with Gasteiger partial charge >= 0.3 is 5.69 Å². The van der Waals surface area contributed by atoms with Crippen LogP contribution in [0.3, 0.4) is 0 Å². The molecule has 7 heteroatoms. The summed E-state index contributed by atoms with van der Waals surface area (Å²) in [5.41, 5.74) is 4.11. The highest BCUT2D eigenvalue weighted by atomic mass is 16.5. The van der Waals surface area contributed by atoms with Gasteiger partial charge in [0.1, 0.15) is 17.0 Å². The third-order valence-electron chi connectivity index (χ3n) is 5.19. The fourth-order valence-corrected chi connectivity index (χ4v) is 3.86. The summed E-state index contributed by atoms with van der Waals surface area (Å²) in [7, 11) is 1.64. The molecule has 0 fully saturated rings. The first-order valence-electron chi connectivity index (χ1n) is 9.96. The molecule has 2 aromatic carbocycles. The highest BCUT2D eigenvalue weighted by Gasteiger charge is 2.17. The summed E-state index contributed by atoms with van der Waals surface area (Å²) in [6.07, 6.45) is 3.43. The Morgan fingerprint density at radius 1 is 1.06 bits per heavy atom. The molecule has 31 heavy (non-hydrogen) atoms. The smallest absolute Gasteiger partial charge is 0.332 e. The van der Waals surface area contributed by atoms with Gasteiger partial charge in [0.2, 0.25) is 0 Å². The Hall–Kier alpha value is -4.13. The largest absolute Gasteiger partial charge is 0.495 e. The van der Waals surface area contributed by atoms with Crippen molar-refractivity contribution >= 4 is 22.1 Å². The number of rotatable bonds is 5. The van der Waals surface area contributed by atoms with Crippen LogP contribution in [0.1, 0.15) is 6.92 Å². The molecule has 5 rings (SSSR count). The van der Waals surface area contributed by atoms with Crippen LogP contribution in [0.25, 0.3) is 38.9 Å². The first-order chi connectivity index (χ1) is 15.2. The average molecular weight is 412 g/mol. The van der Waals surface area contributed by atoms with E-state index in [1.807, 2.05) is 61.7 Å². The Labute approximate surface area is 177 Å². The van der Waals surface area contributed by atoms with Crippen molar-refractivity contribution in [2.24, 2.45) is 0 Å². The molecule has 154 valence electrons. The molecule has 0 saturated heterocycles. The number of H-pyrrole nitrogens is 1. The van der Waals surface area contributed by atoms with Crippen LogP contribution in [0.5, 0.6) is 11.5 Å². The number of ether oxygens (including phenoxy) is 2. The van der Waals surface area contributed by atoms with Gasteiger partial charge in [-0.2, -0.15) is 0 Å². The van der Waals surface area contributed by atoms with E-state index in [9.17, 15) is 4.79 Å². The third kappa shape index (κ3) is 3.11. The minimum absolute atomic E-state index is 0.292. The monoisotopic (exact) mass is 412 g/mol. The maximum atomic E-state index is 12.8. The molecule has 1 N–H and O–H groups in total. The lowest BCUT2D eigenvalue weighted by Gasteiger charge is -2.13. The van der Waals surface area contributed by atoms with Gasteiger partial charge in [-0.05, 0) is 30.7 Å². The summed E-state index contributed by atoms with van der Waals surface area (Å²) >= 11 is 0. The number of aromatic nitrogens is 4. The van der Waals surface area contributed by atoms with E-state index in [1.165, 1.54) is 0 Å². The maximum absolute atomic E-state index is 12.8. The van der Waals surface area contributed by atoms with Gasteiger partial charge in [0.25, 0.3) is 0 Å². The highest BCUT2D eigenvalue weighted by molar-refractivity contribution is 5.94.